The Labute approximate surface area is 56.3 Å². The largest absolute Gasteiger partial charge is 0.524 e. The summed E-state index contributed by atoms with van der Waals surface area (Å²) in [6, 6.07) is 0. The fraction of sp³-hybridized carbons (Fsp3) is 0.400. The number of rotatable bonds is 5. The topological polar surface area (TPSA) is 29.5 Å². The van der Waals surface area contributed by atoms with E-state index in [1.807, 2.05) is 0 Å². The molecular formula is C5H9BNO2-2. The summed E-state index contributed by atoms with van der Waals surface area (Å²) < 4.78 is 4.32. The normalized spacial score (nSPS) is 9.22. The highest BCUT2D eigenvalue weighted by Gasteiger charge is 1.95. The molecule has 3 nitrogen and oxygen atoms in total. The van der Waals surface area contributed by atoms with Gasteiger partial charge in [-0.1, -0.05) is 0 Å². The minimum absolute atomic E-state index is 0.359. The van der Waals surface area contributed by atoms with Gasteiger partial charge in [-0.05, 0) is 0 Å². The lowest BCUT2D eigenvalue weighted by atomic mass is 10.2. The molecule has 0 fully saturated rings. The first-order valence-electron chi connectivity index (χ1n) is 2.60. The summed E-state index contributed by atoms with van der Waals surface area (Å²) in [6.07, 6.45) is 0. The first kappa shape index (κ1) is 8.49. The van der Waals surface area contributed by atoms with Crippen LogP contribution in [0.2, 0.25) is 0 Å². The molecule has 0 aliphatic rings. The molecule has 0 spiro atoms. The second-order valence-corrected chi connectivity index (χ2v) is 1.37. The lowest BCUT2D eigenvalue weighted by Crippen LogP contribution is -2.29. The second kappa shape index (κ2) is 5.63. The Morgan fingerprint density at radius 1 is 1.56 bits per heavy atom. The molecule has 0 rings (SSSR count). The van der Waals surface area contributed by atoms with E-state index >= 15 is 0 Å². The van der Waals surface area contributed by atoms with E-state index in [1.165, 1.54) is 7.62 Å². The van der Waals surface area contributed by atoms with Gasteiger partial charge in [0.25, 0.3) is 6.47 Å². The van der Waals surface area contributed by atoms with Crippen molar-refractivity contribution in [3.63, 3.8) is 0 Å². The highest BCUT2D eigenvalue weighted by atomic mass is 16.5. The van der Waals surface area contributed by atoms with Crippen LogP contribution in [0.4, 0.5) is 0 Å². The molecule has 9 heavy (non-hydrogen) atoms. The van der Waals surface area contributed by atoms with E-state index < -0.39 is 0 Å². The van der Waals surface area contributed by atoms with Crippen molar-refractivity contribution in [3.8, 4) is 0 Å². The Morgan fingerprint density at radius 3 is 2.44 bits per heavy atom. The van der Waals surface area contributed by atoms with Crippen LogP contribution in [-0.2, 0) is 9.45 Å². The Hall–Kier alpha value is -0.505. The molecule has 4 heteroatoms. The van der Waals surface area contributed by atoms with Gasteiger partial charge in [-0.25, -0.2) is 0 Å². The minimum atomic E-state index is 0.359. The number of carbonyl (C=O) groups excluding carboxylic acids is 1. The zero-order chi connectivity index (χ0) is 7.11. The van der Waals surface area contributed by atoms with Crippen LogP contribution in [-0.4, -0.2) is 32.0 Å². The smallest absolute Gasteiger partial charge is 0.477 e. The fourth-order valence-electron chi connectivity index (χ4n) is 0.328. The van der Waals surface area contributed by atoms with Gasteiger partial charge >= 0.3 is 7.62 Å². The summed E-state index contributed by atoms with van der Waals surface area (Å²) in [5, 5.41) is 0. The van der Waals surface area contributed by atoms with E-state index in [0.717, 1.165) is 0 Å². The van der Waals surface area contributed by atoms with E-state index in [9.17, 15) is 4.79 Å². The summed E-state index contributed by atoms with van der Waals surface area (Å²) in [7, 11) is 1.30. The fourth-order valence-corrected chi connectivity index (χ4v) is 0.328. The van der Waals surface area contributed by atoms with Crippen LogP contribution in [0.25, 0.3) is 0 Å². The molecule has 0 aliphatic carbocycles. The van der Waals surface area contributed by atoms with Crippen LogP contribution in [0.15, 0.2) is 0 Å². The van der Waals surface area contributed by atoms with Crippen molar-refractivity contribution in [2.45, 2.75) is 0 Å². The zero-order valence-corrected chi connectivity index (χ0v) is 5.25. The number of hydrogen-bond acceptors (Lipinski definition) is 3. The second-order valence-electron chi connectivity index (χ2n) is 1.37. The average Bonchev–Trinajstić information content (AvgIpc) is 1.91. The quantitative estimate of drug-likeness (QED) is 0.287. The van der Waals surface area contributed by atoms with Gasteiger partial charge < -0.3 is 23.3 Å². The molecule has 0 saturated heterocycles. The highest BCUT2D eigenvalue weighted by Crippen LogP contribution is 1.80. The van der Waals surface area contributed by atoms with Crippen LogP contribution in [0.3, 0.4) is 0 Å². The molecule has 0 atom stereocenters. The summed E-state index contributed by atoms with van der Waals surface area (Å²) >= 11 is 0. The van der Waals surface area contributed by atoms with Crippen LogP contribution >= 0.6 is 0 Å². The van der Waals surface area contributed by atoms with Crippen molar-refractivity contribution in [1.29, 1.82) is 0 Å². The van der Waals surface area contributed by atoms with Crippen molar-refractivity contribution in [2.24, 2.45) is 0 Å². The van der Waals surface area contributed by atoms with Gasteiger partial charge in [0, 0.05) is 0 Å². The molecule has 51 valence electrons. The average molecular weight is 126 g/mol. The van der Waals surface area contributed by atoms with Crippen LogP contribution < -0.4 is 0 Å². The third-order valence-electron chi connectivity index (χ3n) is 0.840. The molecule has 0 bridgehead atoms. The summed E-state index contributed by atoms with van der Waals surface area (Å²) in [6.45, 7) is 8.60. The monoisotopic (exact) mass is 126 g/mol. The Balaban J connectivity index is 3.19. The summed E-state index contributed by atoms with van der Waals surface area (Å²) in [5.41, 5.74) is 0. The van der Waals surface area contributed by atoms with E-state index in [4.69, 9.17) is 0 Å². The van der Waals surface area contributed by atoms with E-state index in [0.29, 0.717) is 19.6 Å². The lowest BCUT2D eigenvalue weighted by molar-refractivity contribution is -0.121. The zero-order valence-electron chi connectivity index (χ0n) is 5.25. The highest BCUT2D eigenvalue weighted by molar-refractivity contribution is 6.25. The maximum absolute atomic E-state index is 9.62. The Kier molecular flexibility index (Phi) is 5.31. The van der Waals surface area contributed by atoms with E-state index in [1.54, 1.807) is 4.81 Å². The SMILES string of the molecule is [CH2-]CN([B]OC=O)C[CH2-]. The lowest BCUT2D eigenvalue weighted by Gasteiger charge is -2.20. The first-order chi connectivity index (χ1) is 4.35. The molecule has 1 radical (unpaired) electrons. The van der Waals surface area contributed by atoms with Crippen LogP contribution in [0.5, 0.6) is 0 Å². The van der Waals surface area contributed by atoms with Crippen LogP contribution in [0, 0.1) is 13.8 Å². The van der Waals surface area contributed by atoms with Gasteiger partial charge in [-0.15, -0.1) is 13.1 Å². The molecule has 0 N–H and O–H groups in total. The molecule has 0 aromatic heterocycles. The van der Waals surface area contributed by atoms with E-state index in [-0.39, 0.29) is 0 Å². The predicted octanol–water partition coefficient (Wildman–Crippen LogP) is -0.336. The molecule has 0 aliphatic heterocycles. The Morgan fingerprint density at radius 2 is 2.11 bits per heavy atom. The van der Waals surface area contributed by atoms with Gasteiger partial charge in [0.15, 0.2) is 0 Å². The molecule has 0 unspecified atom stereocenters. The predicted molar refractivity (Wildman–Crippen MR) is 35.2 cm³/mol. The van der Waals surface area contributed by atoms with E-state index in [2.05, 4.69) is 18.5 Å². The molecule has 0 aromatic carbocycles. The molecule has 0 heterocycles. The number of nitrogens with zero attached hydrogens (tertiary/aromatic N) is 1. The minimum Gasteiger partial charge on any atom is -0.524 e. The van der Waals surface area contributed by atoms with Crippen molar-refractivity contribution in [3.05, 3.63) is 13.8 Å². The molecule has 0 aromatic rings. The molecule has 0 amide bonds. The van der Waals surface area contributed by atoms with Crippen molar-refractivity contribution in [2.75, 3.05) is 13.1 Å². The van der Waals surface area contributed by atoms with Crippen LogP contribution in [0.1, 0.15) is 0 Å². The maximum atomic E-state index is 9.62. The molecule has 0 saturated carbocycles. The summed E-state index contributed by atoms with van der Waals surface area (Å²) in [4.78, 5) is 11.3. The standard InChI is InChI=1S/C5H9BNO2/c1-3-7(4-2)6-9-5-8/h5H,1-4H2/q-2. The van der Waals surface area contributed by atoms with Gasteiger partial charge in [0.1, 0.15) is 0 Å². The van der Waals surface area contributed by atoms with Gasteiger partial charge in [0.05, 0.1) is 0 Å². The van der Waals surface area contributed by atoms with Crippen molar-refractivity contribution in [1.82, 2.24) is 4.81 Å². The third kappa shape index (κ3) is 4.03. The molecular weight excluding hydrogens is 117 g/mol. The first-order valence-corrected chi connectivity index (χ1v) is 2.60. The Bertz CT molecular complexity index is 75.4. The van der Waals surface area contributed by atoms with Gasteiger partial charge in [-0.2, -0.15) is 0 Å². The number of carbonyl (C=O) groups is 1. The van der Waals surface area contributed by atoms with Gasteiger partial charge in [-0.3, -0.25) is 4.79 Å². The van der Waals surface area contributed by atoms with Crippen molar-refractivity contribution >= 4 is 14.1 Å². The third-order valence-corrected chi connectivity index (χ3v) is 0.840. The van der Waals surface area contributed by atoms with Gasteiger partial charge in [0.2, 0.25) is 0 Å². The summed E-state index contributed by atoms with van der Waals surface area (Å²) in [5.74, 6) is 0. The van der Waals surface area contributed by atoms with Crippen molar-refractivity contribution < 1.29 is 9.45 Å². The maximum Gasteiger partial charge on any atom is 0.477 e. The number of hydrogen-bond donors (Lipinski definition) is 0.